The highest BCUT2D eigenvalue weighted by atomic mass is 14.8. The van der Waals surface area contributed by atoms with E-state index in [4.69, 9.17) is 5.73 Å². The predicted octanol–water partition coefficient (Wildman–Crippen LogP) is 1.67. The smallest absolute Gasteiger partial charge is 0.0218 e. The van der Waals surface area contributed by atoms with Crippen molar-refractivity contribution < 1.29 is 0 Å². The Morgan fingerprint density at radius 3 is 2.55 bits per heavy atom. The van der Waals surface area contributed by atoms with Crippen LogP contribution in [0, 0.1) is 6.54 Å². The summed E-state index contributed by atoms with van der Waals surface area (Å²) in [5.41, 5.74) is 5.37. The summed E-state index contributed by atoms with van der Waals surface area (Å²) in [7, 11) is 0. The van der Waals surface area contributed by atoms with Crippen molar-refractivity contribution in [1.29, 1.82) is 0 Å². The quantitative estimate of drug-likeness (QED) is 0.526. The second kappa shape index (κ2) is 9.92. The number of unbranched alkanes of at least 4 members (excludes halogenated alkanes) is 3. The molecule has 0 bridgehead atoms. The summed E-state index contributed by atoms with van der Waals surface area (Å²) < 4.78 is 0. The van der Waals surface area contributed by atoms with Gasteiger partial charge >= 0.3 is 0 Å². The fraction of sp³-hybridized carbons (Fsp3) is 0.889. The summed E-state index contributed by atoms with van der Waals surface area (Å²) in [6.45, 7) is 6.22. The normalized spacial score (nSPS) is 10.4. The van der Waals surface area contributed by atoms with Crippen LogP contribution in [0.25, 0.3) is 0 Å². The average molecular weight is 157 g/mol. The number of hydrogen-bond acceptors (Lipinski definition) is 2. The SMILES string of the molecule is CC[CH]NCCCCCCN. The largest absolute Gasteiger partial charge is 0.330 e. The van der Waals surface area contributed by atoms with E-state index in [0.29, 0.717) is 0 Å². The van der Waals surface area contributed by atoms with Gasteiger partial charge in [-0.2, -0.15) is 0 Å². The summed E-state index contributed by atoms with van der Waals surface area (Å²) in [4.78, 5) is 0. The third-order valence-corrected chi connectivity index (χ3v) is 1.62. The molecule has 0 saturated heterocycles. The van der Waals surface area contributed by atoms with Crippen LogP contribution < -0.4 is 11.1 Å². The molecule has 67 valence electrons. The molecule has 0 atom stereocenters. The Labute approximate surface area is 70.5 Å². The molecule has 0 aliphatic carbocycles. The van der Waals surface area contributed by atoms with Gasteiger partial charge in [-0.25, -0.2) is 0 Å². The first-order valence-corrected chi connectivity index (χ1v) is 4.67. The molecule has 0 heterocycles. The number of hydrogen-bond donors (Lipinski definition) is 2. The Morgan fingerprint density at radius 2 is 1.91 bits per heavy atom. The van der Waals surface area contributed by atoms with Crippen LogP contribution in [0.5, 0.6) is 0 Å². The van der Waals surface area contributed by atoms with Crippen LogP contribution in [0.15, 0.2) is 0 Å². The third kappa shape index (κ3) is 9.92. The highest BCUT2D eigenvalue weighted by Crippen LogP contribution is 1.96. The lowest BCUT2D eigenvalue weighted by Crippen LogP contribution is -2.10. The molecule has 0 aromatic carbocycles. The van der Waals surface area contributed by atoms with Gasteiger partial charge in [-0.15, -0.1) is 0 Å². The van der Waals surface area contributed by atoms with Crippen molar-refractivity contribution in [1.82, 2.24) is 5.32 Å². The molecule has 2 nitrogen and oxygen atoms in total. The molecule has 0 rings (SSSR count). The van der Waals surface area contributed by atoms with E-state index >= 15 is 0 Å². The number of nitrogens with one attached hydrogen (secondary N) is 1. The molecule has 0 spiro atoms. The fourth-order valence-corrected chi connectivity index (χ4v) is 0.971. The lowest BCUT2D eigenvalue weighted by atomic mass is 10.2. The molecule has 0 aromatic rings. The molecule has 11 heavy (non-hydrogen) atoms. The predicted molar refractivity (Wildman–Crippen MR) is 50.1 cm³/mol. The fourth-order valence-electron chi connectivity index (χ4n) is 0.971. The first-order chi connectivity index (χ1) is 5.41. The Morgan fingerprint density at radius 1 is 1.18 bits per heavy atom. The molecule has 0 amide bonds. The zero-order valence-electron chi connectivity index (χ0n) is 7.60. The van der Waals surface area contributed by atoms with Crippen molar-refractivity contribution in [3.63, 3.8) is 0 Å². The first-order valence-electron chi connectivity index (χ1n) is 4.67. The Kier molecular flexibility index (Phi) is 9.85. The molecular weight excluding hydrogens is 136 g/mol. The van der Waals surface area contributed by atoms with E-state index in [1.807, 2.05) is 0 Å². The van der Waals surface area contributed by atoms with Gasteiger partial charge in [0, 0.05) is 6.54 Å². The maximum absolute atomic E-state index is 5.37. The lowest BCUT2D eigenvalue weighted by molar-refractivity contribution is 0.614. The maximum atomic E-state index is 5.37. The molecule has 2 heteroatoms. The van der Waals surface area contributed by atoms with Gasteiger partial charge in [-0.1, -0.05) is 19.8 Å². The minimum atomic E-state index is 0.842. The minimum Gasteiger partial charge on any atom is -0.330 e. The van der Waals surface area contributed by atoms with Crippen LogP contribution in [-0.4, -0.2) is 13.1 Å². The molecule has 0 saturated carbocycles. The van der Waals surface area contributed by atoms with E-state index in [1.165, 1.54) is 25.7 Å². The maximum Gasteiger partial charge on any atom is 0.0218 e. The third-order valence-electron chi connectivity index (χ3n) is 1.62. The van der Waals surface area contributed by atoms with Crippen molar-refractivity contribution >= 4 is 0 Å². The van der Waals surface area contributed by atoms with Crippen LogP contribution in [0.4, 0.5) is 0 Å². The zero-order valence-corrected chi connectivity index (χ0v) is 7.60. The number of nitrogens with two attached hydrogens (primary N) is 1. The Balaban J connectivity index is 2.69. The first kappa shape index (κ1) is 10.9. The standard InChI is InChI=1S/C9H21N2/c1-2-8-11-9-6-4-3-5-7-10/h8,11H,2-7,9-10H2,1H3. The molecule has 1 radical (unpaired) electrons. The molecule has 0 aromatic heterocycles. The van der Waals surface area contributed by atoms with Crippen molar-refractivity contribution in [2.75, 3.05) is 13.1 Å². The van der Waals surface area contributed by atoms with Crippen LogP contribution in [0.3, 0.4) is 0 Å². The van der Waals surface area contributed by atoms with Gasteiger partial charge in [-0.05, 0) is 32.4 Å². The van der Waals surface area contributed by atoms with E-state index in [-0.39, 0.29) is 0 Å². The lowest BCUT2D eigenvalue weighted by Gasteiger charge is -2.01. The highest BCUT2D eigenvalue weighted by molar-refractivity contribution is 4.57. The Hall–Kier alpha value is -0.0800. The van der Waals surface area contributed by atoms with E-state index in [9.17, 15) is 0 Å². The van der Waals surface area contributed by atoms with Gasteiger partial charge in [0.25, 0.3) is 0 Å². The molecule has 0 aliphatic heterocycles. The van der Waals surface area contributed by atoms with Crippen molar-refractivity contribution in [2.24, 2.45) is 5.73 Å². The minimum absolute atomic E-state index is 0.842. The van der Waals surface area contributed by atoms with Gasteiger partial charge < -0.3 is 11.1 Å². The van der Waals surface area contributed by atoms with Crippen molar-refractivity contribution in [3.05, 3.63) is 6.54 Å². The highest BCUT2D eigenvalue weighted by Gasteiger charge is 1.87. The van der Waals surface area contributed by atoms with E-state index in [2.05, 4.69) is 18.8 Å². The summed E-state index contributed by atoms with van der Waals surface area (Å²) in [5, 5.41) is 3.26. The van der Waals surface area contributed by atoms with E-state index in [0.717, 1.165) is 19.5 Å². The van der Waals surface area contributed by atoms with E-state index < -0.39 is 0 Å². The van der Waals surface area contributed by atoms with Crippen molar-refractivity contribution in [3.8, 4) is 0 Å². The molecular formula is C9H21N2. The summed E-state index contributed by atoms with van der Waals surface area (Å²) in [6, 6.07) is 0. The van der Waals surface area contributed by atoms with E-state index in [1.54, 1.807) is 0 Å². The van der Waals surface area contributed by atoms with Crippen LogP contribution >= 0.6 is 0 Å². The van der Waals surface area contributed by atoms with Crippen molar-refractivity contribution in [2.45, 2.75) is 39.0 Å². The topological polar surface area (TPSA) is 38.0 Å². The molecule has 0 unspecified atom stereocenters. The monoisotopic (exact) mass is 157 g/mol. The average Bonchev–Trinajstić information content (AvgIpc) is 2.03. The van der Waals surface area contributed by atoms with Crippen LogP contribution in [0.1, 0.15) is 39.0 Å². The second-order valence-electron chi connectivity index (χ2n) is 2.77. The second-order valence-corrected chi connectivity index (χ2v) is 2.77. The Bertz CT molecular complexity index is 56.6. The van der Waals surface area contributed by atoms with Gasteiger partial charge in [-0.3, -0.25) is 0 Å². The zero-order chi connectivity index (χ0) is 8.36. The summed E-state index contributed by atoms with van der Waals surface area (Å²) >= 11 is 0. The molecule has 0 aliphatic rings. The van der Waals surface area contributed by atoms with Crippen LogP contribution in [-0.2, 0) is 0 Å². The van der Waals surface area contributed by atoms with Gasteiger partial charge in [0.2, 0.25) is 0 Å². The summed E-state index contributed by atoms with van der Waals surface area (Å²) in [6.07, 6.45) is 6.16. The molecule has 0 fully saturated rings. The van der Waals surface area contributed by atoms with Gasteiger partial charge in [0.05, 0.1) is 0 Å². The van der Waals surface area contributed by atoms with Gasteiger partial charge in [0.15, 0.2) is 0 Å². The van der Waals surface area contributed by atoms with Gasteiger partial charge in [0.1, 0.15) is 0 Å². The van der Waals surface area contributed by atoms with Crippen LogP contribution in [0.2, 0.25) is 0 Å². The molecule has 3 N–H and O–H groups in total. The summed E-state index contributed by atoms with van der Waals surface area (Å²) in [5.74, 6) is 0. The number of rotatable bonds is 8.